The first-order valence-electron chi connectivity index (χ1n) is 2.74. The normalized spacial score (nSPS) is 8.11. The van der Waals surface area contributed by atoms with Crippen LogP contribution >= 0.6 is 0 Å². The van der Waals surface area contributed by atoms with Crippen LogP contribution in [0.5, 0.6) is 0 Å². The topological polar surface area (TPSA) is 9.23 Å². The standard InChI is InChI=1S/C8H10O/c1-3-5-6-7-8-9-4-2/h3-5H,2,8H2,1H3/b5-3+. The summed E-state index contributed by atoms with van der Waals surface area (Å²) in [5.74, 6) is 5.52. The van der Waals surface area contributed by atoms with Gasteiger partial charge in [-0.1, -0.05) is 24.5 Å². The Balaban J connectivity index is 3.26. The number of ether oxygens (including phenoxy) is 1. The van der Waals surface area contributed by atoms with Gasteiger partial charge in [0.25, 0.3) is 0 Å². The van der Waals surface area contributed by atoms with E-state index >= 15 is 0 Å². The molecule has 0 aliphatic carbocycles. The lowest BCUT2D eigenvalue weighted by molar-refractivity contribution is 0.298. The summed E-state index contributed by atoms with van der Waals surface area (Å²) in [4.78, 5) is 0. The molecule has 0 saturated heterocycles. The van der Waals surface area contributed by atoms with Crippen molar-refractivity contribution in [1.29, 1.82) is 0 Å². The van der Waals surface area contributed by atoms with E-state index in [2.05, 4.69) is 18.4 Å². The van der Waals surface area contributed by atoms with E-state index in [9.17, 15) is 0 Å². The van der Waals surface area contributed by atoms with Crippen molar-refractivity contribution in [1.82, 2.24) is 0 Å². The molecule has 0 aliphatic heterocycles. The van der Waals surface area contributed by atoms with Gasteiger partial charge in [0.05, 0.1) is 6.26 Å². The zero-order valence-electron chi connectivity index (χ0n) is 5.55. The third kappa shape index (κ3) is 6.84. The average Bonchev–Trinajstić information content (AvgIpc) is 1.89. The van der Waals surface area contributed by atoms with E-state index in [0.29, 0.717) is 6.61 Å². The minimum atomic E-state index is 0.424. The Kier molecular flexibility index (Phi) is 5.96. The molecule has 0 fully saturated rings. The molecule has 1 heteroatoms. The molecule has 0 atom stereocenters. The van der Waals surface area contributed by atoms with E-state index < -0.39 is 0 Å². The number of allylic oxidation sites excluding steroid dienone is 2. The molecular weight excluding hydrogens is 112 g/mol. The minimum Gasteiger partial charge on any atom is -0.489 e. The van der Waals surface area contributed by atoms with Crippen molar-refractivity contribution in [2.24, 2.45) is 0 Å². The van der Waals surface area contributed by atoms with Crippen molar-refractivity contribution < 1.29 is 4.74 Å². The monoisotopic (exact) mass is 122 g/mol. The largest absolute Gasteiger partial charge is 0.489 e. The molecule has 9 heavy (non-hydrogen) atoms. The van der Waals surface area contributed by atoms with Crippen LogP contribution in [-0.2, 0) is 4.74 Å². The van der Waals surface area contributed by atoms with Gasteiger partial charge in [0.15, 0.2) is 0 Å². The zero-order valence-corrected chi connectivity index (χ0v) is 5.55. The van der Waals surface area contributed by atoms with Crippen LogP contribution in [0, 0.1) is 11.8 Å². The van der Waals surface area contributed by atoms with Gasteiger partial charge in [0.1, 0.15) is 6.61 Å². The Morgan fingerprint density at radius 3 is 3.00 bits per heavy atom. The van der Waals surface area contributed by atoms with Crippen LogP contribution in [0.3, 0.4) is 0 Å². The molecule has 0 radical (unpaired) electrons. The molecule has 0 saturated carbocycles. The molecule has 0 aromatic rings. The van der Waals surface area contributed by atoms with Crippen LogP contribution in [-0.4, -0.2) is 6.61 Å². The summed E-state index contributed by atoms with van der Waals surface area (Å²) < 4.78 is 4.74. The van der Waals surface area contributed by atoms with Crippen LogP contribution in [0.15, 0.2) is 25.0 Å². The van der Waals surface area contributed by atoms with E-state index in [-0.39, 0.29) is 0 Å². The Hall–Kier alpha value is -1.16. The fraction of sp³-hybridized carbons (Fsp3) is 0.250. The average molecular weight is 122 g/mol. The highest BCUT2D eigenvalue weighted by atomic mass is 16.5. The molecule has 0 heterocycles. The molecule has 0 bridgehead atoms. The van der Waals surface area contributed by atoms with E-state index in [1.807, 2.05) is 13.0 Å². The Bertz CT molecular complexity index is 146. The third-order valence-corrected chi connectivity index (χ3v) is 0.625. The first kappa shape index (κ1) is 7.84. The summed E-state index contributed by atoms with van der Waals surface area (Å²) in [5.41, 5.74) is 0. The summed E-state index contributed by atoms with van der Waals surface area (Å²) in [5, 5.41) is 0. The van der Waals surface area contributed by atoms with Gasteiger partial charge in [-0.25, -0.2) is 0 Å². The molecule has 48 valence electrons. The lowest BCUT2D eigenvalue weighted by Crippen LogP contribution is -1.78. The van der Waals surface area contributed by atoms with Crippen LogP contribution in [0.1, 0.15) is 6.92 Å². The van der Waals surface area contributed by atoms with Crippen LogP contribution in [0.4, 0.5) is 0 Å². The van der Waals surface area contributed by atoms with Gasteiger partial charge in [0.2, 0.25) is 0 Å². The SMILES string of the molecule is C=COCC#C/C=C/C. The van der Waals surface area contributed by atoms with Gasteiger partial charge >= 0.3 is 0 Å². The molecule has 0 aliphatic rings. The first-order valence-corrected chi connectivity index (χ1v) is 2.74. The molecule has 0 N–H and O–H groups in total. The Morgan fingerprint density at radius 2 is 2.44 bits per heavy atom. The van der Waals surface area contributed by atoms with Crippen LogP contribution < -0.4 is 0 Å². The lowest BCUT2D eigenvalue weighted by atomic mass is 10.5. The van der Waals surface area contributed by atoms with E-state index in [1.165, 1.54) is 6.26 Å². The highest BCUT2D eigenvalue weighted by Crippen LogP contribution is 1.70. The second-order valence-corrected chi connectivity index (χ2v) is 1.30. The first-order chi connectivity index (χ1) is 4.41. The second-order valence-electron chi connectivity index (χ2n) is 1.30. The van der Waals surface area contributed by atoms with Crippen molar-refractivity contribution in [3.8, 4) is 11.8 Å². The fourth-order valence-corrected chi connectivity index (χ4v) is 0.285. The summed E-state index contributed by atoms with van der Waals surface area (Å²) >= 11 is 0. The Morgan fingerprint density at radius 1 is 1.67 bits per heavy atom. The van der Waals surface area contributed by atoms with Gasteiger partial charge in [-0.15, -0.1) is 0 Å². The highest BCUT2D eigenvalue weighted by molar-refractivity contribution is 5.14. The van der Waals surface area contributed by atoms with Crippen LogP contribution in [0.25, 0.3) is 0 Å². The van der Waals surface area contributed by atoms with Gasteiger partial charge in [-0.05, 0) is 13.0 Å². The fourth-order valence-electron chi connectivity index (χ4n) is 0.285. The van der Waals surface area contributed by atoms with Gasteiger partial charge in [-0.3, -0.25) is 0 Å². The Labute approximate surface area is 56.0 Å². The molecule has 0 spiro atoms. The summed E-state index contributed by atoms with van der Waals surface area (Å²) in [6.07, 6.45) is 5.03. The van der Waals surface area contributed by atoms with E-state index in [1.54, 1.807) is 6.08 Å². The summed E-state index contributed by atoms with van der Waals surface area (Å²) in [6.45, 7) is 5.71. The van der Waals surface area contributed by atoms with Crippen molar-refractivity contribution >= 4 is 0 Å². The van der Waals surface area contributed by atoms with E-state index in [0.717, 1.165) is 0 Å². The van der Waals surface area contributed by atoms with Gasteiger partial charge in [-0.2, -0.15) is 0 Å². The predicted molar refractivity (Wildman–Crippen MR) is 38.7 cm³/mol. The third-order valence-electron chi connectivity index (χ3n) is 0.625. The van der Waals surface area contributed by atoms with E-state index in [4.69, 9.17) is 4.74 Å². The lowest BCUT2D eigenvalue weighted by Gasteiger charge is -1.85. The van der Waals surface area contributed by atoms with Gasteiger partial charge < -0.3 is 4.74 Å². The van der Waals surface area contributed by atoms with Crippen molar-refractivity contribution in [3.63, 3.8) is 0 Å². The van der Waals surface area contributed by atoms with Crippen molar-refractivity contribution in [3.05, 3.63) is 25.0 Å². The minimum absolute atomic E-state index is 0.424. The number of hydrogen-bond acceptors (Lipinski definition) is 1. The molecular formula is C8H10O. The van der Waals surface area contributed by atoms with Crippen molar-refractivity contribution in [2.75, 3.05) is 6.61 Å². The maximum atomic E-state index is 4.74. The van der Waals surface area contributed by atoms with Gasteiger partial charge in [0, 0.05) is 0 Å². The molecule has 0 aromatic carbocycles. The number of rotatable bonds is 2. The molecule has 0 rings (SSSR count). The smallest absolute Gasteiger partial charge is 0.148 e. The second kappa shape index (κ2) is 6.84. The summed E-state index contributed by atoms with van der Waals surface area (Å²) in [7, 11) is 0. The summed E-state index contributed by atoms with van der Waals surface area (Å²) in [6, 6.07) is 0. The predicted octanol–water partition coefficient (Wildman–Crippen LogP) is 1.73. The maximum absolute atomic E-state index is 4.74. The molecule has 1 nitrogen and oxygen atoms in total. The highest BCUT2D eigenvalue weighted by Gasteiger charge is 1.65. The quantitative estimate of drug-likeness (QED) is 0.308. The molecule has 0 unspecified atom stereocenters. The number of hydrogen-bond donors (Lipinski definition) is 0. The maximum Gasteiger partial charge on any atom is 0.148 e. The zero-order chi connectivity index (χ0) is 6.95. The van der Waals surface area contributed by atoms with Crippen molar-refractivity contribution in [2.45, 2.75) is 6.92 Å². The molecule has 0 amide bonds. The van der Waals surface area contributed by atoms with Crippen LogP contribution in [0.2, 0.25) is 0 Å². The molecule has 0 aromatic heterocycles.